The highest BCUT2D eigenvalue weighted by Crippen LogP contribution is 2.21. The molecule has 2 aromatic heterocycles. The fraction of sp³-hybridized carbons (Fsp3) is 0.462. The molecule has 3 amide bonds. The number of carbonyl (C=O) groups is 3. The number of aryl methyl sites for hydroxylation is 2. The summed E-state index contributed by atoms with van der Waals surface area (Å²) >= 11 is 0. The third-order valence-electron chi connectivity index (χ3n) is 6.59. The van der Waals surface area contributed by atoms with Crippen LogP contribution in [0.4, 0.5) is 10.5 Å². The number of aromatic amines is 1. The second-order valence-electron chi connectivity index (χ2n) is 9.06. The number of ether oxygens (including phenoxy) is 1. The van der Waals surface area contributed by atoms with Crippen LogP contribution in [-0.2, 0) is 20.7 Å². The molecule has 0 bridgehead atoms. The van der Waals surface area contributed by atoms with Gasteiger partial charge in [-0.25, -0.2) is 4.79 Å². The normalized spacial score (nSPS) is 14.6. The number of piperazine rings is 1. The van der Waals surface area contributed by atoms with E-state index in [-0.39, 0.29) is 17.9 Å². The molecule has 3 aromatic rings. The number of amides is 3. The molecule has 3 heterocycles. The van der Waals surface area contributed by atoms with Gasteiger partial charge in [0.25, 0.3) is 0 Å². The van der Waals surface area contributed by atoms with Gasteiger partial charge in [-0.3, -0.25) is 14.3 Å². The van der Waals surface area contributed by atoms with Crippen LogP contribution in [-0.4, -0.2) is 75.3 Å². The molecule has 36 heavy (non-hydrogen) atoms. The van der Waals surface area contributed by atoms with E-state index in [1.54, 1.807) is 34.5 Å². The Bertz CT molecular complexity index is 1220. The largest absolute Gasteiger partial charge is 0.450 e. The van der Waals surface area contributed by atoms with Crippen molar-refractivity contribution in [2.45, 2.75) is 46.1 Å². The molecule has 10 nitrogen and oxygen atoms in total. The van der Waals surface area contributed by atoms with Crippen molar-refractivity contribution in [2.75, 3.05) is 38.1 Å². The Hall–Kier alpha value is -3.82. The molecular weight excluding hydrogens is 460 g/mol. The fourth-order valence-corrected chi connectivity index (χ4v) is 4.49. The third-order valence-corrected chi connectivity index (χ3v) is 6.59. The Kier molecular flexibility index (Phi) is 7.92. The van der Waals surface area contributed by atoms with Gasteiger partial charge >= 0.3 is 6.09 Å². The highest BCUT2D eigenvalue weighted by molar-refractivity contribution is 5.91. The van der Waals surface area contributed by atoms with Crippen LogP contribution < -0.4 is 5.32 Å². The summed E-state index contributed by atoms with van der Waals surface area (Å²) in [5.74, 6) is -0.149. The van der Waals surface area contributed by atoms with Crippen LogP contribution in [0.3, 0.4) is 0 Å². The van der Waals surface area contributed by atoms with Crippen molar-refractivity contribution in [1.29, 1.82) is 0 Å². The van der Waals surface area contributed by atoms with E-state index in [1.807, 2.05) is 31.3 Å². The topological polar surface area (TPSA) is 113 Å². The molecule has 1 fully saturated rings. The van der Waals surface area contributed by atoms with Gasteiger partial charge in [0.15, 0.2) is 0 Å². The Morgan fingerprint density at radius 3 is 2.61 bits per heavy atom. The van der Waals surface area contributed by atoms with E-state index < -0.39 is 6.04 Å². The molecule has 0 aliphatic carbocycles. The molecule has 1 saturated heterocycles. The average molecular weight is 495 g/mol. The number of hydrogen-bond acceptors (Lipinski definition) is 5. The SMILES string of the molecule is CCOC(=O)N1CCN(C(=O)C(C)n2cc(NC(=O)CCCc3c[nH]c4ccccc34)c(C)n2)CC1. The molecule has 10 heteroatoms. The summed E-state index contributed by atoms with van der Waals surface area (Å²) in [4.78, 5) is 44.1. The summed E-state index contributed by atoms with van der Waals surface area (Å²) < 4.78 is 6.63. The van der Waals surface area contributed by atoms with Gasteiger partial charge in [0.2, 0.25) is 11.8 Å². The van der Waals surface area contributed by atoms with Gasteiger partial charge in [0.1, 0.15) is 6.04 Å². The quantitative estimate of drug-likeness (QED) is 0.498. The average Bonchev–Trinajstić information content (AvgIpc) is 3.46. The molecule has 1 unspecified atom stereocenters. The van der Waals surface area contributed by atoms with E-state index in [4.69, 9.17) is 4.74 Å². The van der Waals surface area contributed by atoms with Gasteiger partial charge in [-0.2, -0.15) is 5.10 Å². The standard InChI is InChI=1S/C26H34N6O4/c1-4-36-26(35)31-14-12-30(13-15-31)25(34)19(3)32-17-23(18(2)29-32)28-24(33)11-7-8-20-16-27-22-10-6-5-9-21(20)22/h5-6,9-10,16-17,19,27H,4,7-8,11-15H2,1-3H3,(H,28,33). The predicted molar refractivity (Wildman–Crippen MR) is 137 cm³/mol. The van der Waals surface area contributed by atoms with E-state index in [9.17, 15) is 14.4 Å². The molecule has 1 aromatic carbocycles. The van der Waals surface area contributed by atoms with Crippen molar-refractivity contribution < 1.29 is 19.1 Å². The van der Waals surface area contributed by atoms with Crippen molar-refractivity contribution in [2.24, 2.45) is 0 Å². The number of rotatable bonds is 8. The van der Waals surface area contributed by atoms with E-state index in [0.29, 0.717) is 50.6 Å². The van der Waals surface area contributed by atoms with E-state index >= 15 is 0 Å². The molecule has 0 radical (unpaired) electrons. The number of benzene rings is 1. The fourth-order valence-electron chi connectivity index (χ4n) is 4.49. The summed E-state index contributed by atoms with van der Waals surface area (Å²) in [6.07, 6.45) is 5.31. The number of nitrogens with zero attached hydrogens (tertiary/aromatic N) is 4. The van der Waals surface area contributed by atoms with Crippen LogP contribution in [0.2, 0.25) is 0 Å². The van der Waals surface area contributed by atoms with Crippen molar-refractivity contribution >= 4 is 34.5 Å². The molecular formula is C26H34N6O4. The first kappa shape index (κ1) is 25.3. The van der Waals surface area contributed by atoms with Crippen molar-refractivity contribution in [3.63, 3.8) is 0 Å². The van der Waals surface area contributed by atoms with Crippen LogP contribution >= 0.6 is 0 Å². The van der Waals surface area contributed by atoms with Crippen molar-refractivity contribution in [3.8, 4) is 0 Å². The van der Waals surface area contributed by atoms with Crippen LogP contribution in [0.25, 0.3) is 10.9 Å². The predicted octanol–water partition coefficient (Wildman–Crippen LogP) is 3.50. The van der Waals surface area contributed by atoms with E-state index in [2.05, 4.69) is 21.5 Å². The van der Waals surface area contributed by atoms with Gasteiger partial charge in [-0.1, -0.05) is 18.2 Å². The molecule has 2 N–H and O–H groups in total. The van der Waals surface area contributed by atoms with E-state index in [0.717, 1.165) is 18.4 Å². The highest BCUT2D eigenvalue weighted by Gasteiger charge is 2.29. The second kappa shape index (κ2) is 11.3. The zero-order valence-corrected chi connectivity index (χ0v) is 21.1. The number of fused-ring (bicyclic) bond motifs is 1. The second-order valence-corrected chi connectivity index (χ2v) is 9.06. The maximum atomic E-state index is 13.0. The number of anilines is 1. The zero-order chi connectivity index (χ0) is 25.7. The summed E-state index contributed by atoms with van der Waals surface area (Å²) in [6, 6.07) is 7.62. The van der Waals surface area contributed by atoms with Crippen LogP contribution in [0, 0.1) is 6.92 Å². The smallest absolute Gasteiger partial charge is 0.409 e. The maximum Gasteiger partial charge on any atom is 0.409 e. The minimum absolute atomic E-state index is 0.0717. The molecule has 1 atom stereocenters. The Morgan fingerprint density at radius 2 is 1.86 bits per heavy atom. The molecule has 4 rings (SSSR count). The summed E-state index contributed by atoms with van der Waals surface area (Å²) in [5.41, 5.74) is 3.58. The van der Waals surface area contributed by atoms with Crippen LogP contribution in [0.15, 0.2) is 36.7 Å². The monoisotopic (exact) mass is 494 g/mol. The minimum Gasteiger partial charge on any atom is -0.450 e. The number of hydrogen-bond donors (Lipinski definition) is 2. The zero-order valence-electron chi connectivity index (χ0n) is 21.1. The Balaban J connectivity index is 1.27. The summed E-state index contributed by atoms with van der Waals surface area (Å²) in [7, 11) is 0. The molecule has 1 aliphatic rings. The van der Waals surface area contributed by atoms with Crippen molar-refractivity contribution in [3.05, 3.63) is 47.9 Å². The third kappa shape index (κ3) is 5.69. The number of aromatic nitrogens is 3. The molecule has 1 aliphatic heterocycles. The number of para-hydroxylation sites is 1. The van der Waals surface area contributed by atoms with Gasteiger partial charge in [-0.15, -0.1) is 0 Å². The van der Waals surface area contributed by atoms with Crippen molar-refractivity contribution in [1.82, 2.24) is 24.6 Å². The molecule has 0 spiro atoms. The maximum absolute atomic E-state index is 13.0. The number of carbonyl (C=O) groups excluding carboxylic acids is 3. The van der Waals surface area contributed by atoms with Gasteiger partial charge < -0.3 is 24.8 Å². The van der Waals surface area contributed by atoms with Gasteiger partial charge in [-0.05, 0) is 45.2 Å². The number of nitrogens with one attached hydrogen (secondary N) is 2. The lowest BCUT2D eigenvalue weighted by Crippen LogP contribution is -2.52. The lowest BCUT2D eigenvalue weighted by molar-refractivity contribution is -0.136. The Labute approximate surface area is 210 Å². The Morgan fingerprint density at radius 1 is 1.14 bits per heavy atom. The first-order chi connectivity index (χ1) is 17.4. The molecule has 192 valence electrons. The van der Waals surface area contributed by atoms with Gasteiger partial charge in [0.05, 0.1) is 18.0 Å². The summed E-state index contributed by atoms with van der Waals surface area (Å²) in [6.45, 7) is 7.48. The number of H-pyrrole nitrogens is 1. The first-order valence-electron chi connectivity index (χ1n) is 12.5. The summed E-state index contributed by atoms with van der Waals surface area (Å²) in [5, 5.41) is 8.60. The highest BCUT2D eigenvalue weighted by atomic mass is 16.6. The van der Waals surface area contributed by atoms with Gasteiger partial charge in [0, 0.05) is 55.9 Å². The lowest BCUT2D eigenvalue weighted by atomic mass is 10.1. The van der Waals surface area contributed by atoms with Crippen LogP contribution in [0.1, 0.15) is 44.0 Å². The minimum atomic E-state index is -0.523. The van der Waals surface area contributed by atoms with E-state index in [1.165, 1.54) is 10.9 Å². The van der Waals surface area contributed by atoms with Crippen LogP contribution in [0.5, 0.6) is 0 Å². The molecule has 0 saturated carbocycles. The lowest BCUT2D eigenvalue weighted by Gasteiger charge is -2.35. The first-order valence-corrected chi connectivity index (χ1v) is 12.5.